The Kier molecular flexibility index (Phi) is 6.14. The highest BCUT2D eigenvalue weighted by Crippen LogP contribution is 2.29. The van der Waals surface area contributed by atoms with E-state index in [-0.39, 0.29) is 0 Å². The molecule has 0 aliphatic heterocycles. The molecule has 1 N–H and O–H groups in total. The monoisotopic (exact) mass is 384 g/mol. The number of ether oxygens (including phenoxy) is 2. The van der Waals surface area contributed by atoms with Crippen molar-refractivity contribution in [2.75, 3.05) is 14.2 Å². The third kappa shape index (κ3) is 5.02. The molecule has 27 heavy (non-hydrogen) atoms. The van der Waals surface area contributed by atoms with Gasteiger partial charge in [0.15, 0.2) is 0 Å². The summed E-state index contributed by atoms with van der Waals surface area (Å²) in [6, 6.07) is 5.99. The molecule has 1 heterocycles. The predicted octanol–water partition coefficient (Wildman–Crippen LogP) is 2.76. The smallest absolute Gasteiger partial charge is 0.417 e. The van der Waals surface area contributed by atoms with E-state index in [0.29, 0.717) is 33.9 Å². The normalized spacial score (nSPS) is 12.4. The second kappa shape index (κ2) is 8.15. The van der Waals surface area contributed by atoms with Gasteiger partial charge in [0, 0.05) is 17.8 Å². The van der Waals surface area contributed by atoms with Gasteiger partial charge in [0.25, 0.3) is 5.56 Å². The van der Waals surface area contributed by atoms with Crippen molar-refractivity contribution in [3.8, 4) is 11.5 Å². The summed E-state index contributed by atoms with van der Waals surface area (Å²) in [4.78, 5) is 24.0. The number of nitrogens with zero attached hydrogens (tertiary/aromatic N) is 1. The highest BCUT2D eigenvalue weighted by atomic mass is 19.4. The molecule has 1 amide bonds. The Morgan fingerprint density at radius 2 is 1.89 bits per heavy atom. The molecular formula is C18H19F3N2O4. The summed E-state index contributed by atoms with van der Waals surface area (Å²) in [6.45, 7) is 1.14. The zero-order chi connectivity index (χ0) is 20.2. The van der Waals surface area contributed by atoms with Crippen molar-refractivity contribution in [1.29, 1.82) is 0 Å². The minimum Gasteiger partial charge on any atom is -0.497 e. The summed E-state index contributed by atoms with van der Waals surface area (Å²) >= 11 is 0. The van der Waals surface area contributed by atoms with Gasteiger partial charge in [-0.15, -0.1) is 0 Å². The predicted molar refractivity (Wildman–Crippen MR) is 91.8 cm³/mol. The molecule has 0 aliphatic rings. The van der Waals surface area contributed by atoms with E-state index in [2.05, 4.69) is 5.32 Å². The van der Waals surface area contributed by atoms with E-state index in [1.165, 1.54) is 14.2 Å². The van der Waals surface area contributed by atoms with Gasteiger partial charge in [-0.25, -0.2) is 0 Å². The average Bonchev–Trinajstić information content (AvgIpc) is 2.61. The van der Waals surface area contributed by atoms with Gasteiger partial charge in [0.2, 0.25) is 5.91 Å². The van der Waals surface area contributed by atoms with Crippen LogP contribution in [0, 0.1) is 0 Å². The maximum atomic E-state index is 12.8. The van der Waals surface area contributed by atoms with Gasteiger partial charge in [-0.1, -0.05) is 0 Å². The molecule has 1 aromatic heterocycles. The van der Waals surface area contributed by atoms with Crippen molar-refractivity contribution in [2.24, 2.45) is 0 Å². The lowest BCUT2D eigenvalue weighted by Crippen LogP contribution is -2.34. The number of hydrogen-bond donors (Lipinski definition) is 1. The molecule has 0 radical (unpaired) electrons. The molecule has 0 unspecified atom stereocenters. The number of pyridine rings is 1. The second-order valence-corrected chi connectivity index (χ2v) is 5.78. The molecule has 0 bridgehead atoms. The maximum Gasteiger partial charge on any atom is 0.417 e. The molecule has 1 atom stereocenters. The van der Waals surface area contributed by atoms with Crippen molar-refractivity contribution in [2.45, 2.75) is 25.7 Å². The topological polar surface area (TPSA) is 69.6 Å². The van der Waals surface area contributed by atoms with Crippen LogP contribution in [-0.4, -0.2) is 24.7 Å². The maximum absolute atomic E-state index is 12.8. The minimum absolute atomic E-state index is 0.514. The van der Waals surface area contributed by atoms with Crippen LogP contribution < -0.4 is 20.3 Å². The number of hydrogen-bond acceptors (Lipinski definition) is 4. The van der Waals surface area contributed by atoms with Gasteiger partial charge >= 0.3 is 6.18 Å². The SMILES string of the molecule is COc1ccc(OC)c([C@@H](C)NC(=O)Cn2cc(C(F)(F)F)ccc2=O)c1. The number of carbonyl (C=O) groups is 1. The average molecular weight is 384 g/mol. The van der Waals surface area contributed by atoms with Crippen molar-refractivity contribution >= 4 is 5.91 Å². The fourth-order valence-corrected chi connectivity index (χ4v) is 2.52. The molecule has 6 nitrogen and oxygen atoms in total. The Bertz CT molecular complexity index is 878. The third-order valence-electron chi connectivity index (χ3n) is 3.91. The molecule has 146 valence electrons. The van der Waals surface area contributed by atoms with Gasteiger partial charge in [0.1, 0.15) is 18.0 Å². The Morgan fingerprint density at radius 3 is 2.48 bits per heavy atom. The summed E-state index contributed by atoms with van der Waals surface area (Å²) in [5.74, 6) is 0.453. The number of benzene rings is 1. The first-order valence-electron chi connectivity index (χ1n) is 7.94. The Hall–Kier alpha value is -2.97. The number of rotatable bonds is 6. The third-order valence-corrected chi connectivity index (χ3v) is 3.91. The van der Waals surface area contributed by atoms with Crippen molar-refractivity contribution < 1.29 is 27.4 Å². The largest absolute Gasteiger partial charge is 0.497 e. The number of aromatic nitrogens is 1. The number of carbonyl (C=O) groups excluding carboxylic acids is 1. The summed E-state index contributed by atoms with van der Waals surface area (Å²) < 4.78 is 49.5. The molecule has 0 saturated carbocycles. The van der Waals surface area contributed by atoms with Gasteiger partial charge < -0.3 is 19.4 Å². The first kappa shape index (κ1) is 20.3. The van der Waals surface area contributed by atoms with Crippen molar-refractivity contribution in [3.05, 3.63) is 58.0 Å². The van der Waals surface area contributed by atoms with Crippen LogP contribution in [0.15, 0.2) is 41.3 Å². The molecule has 0 fully saturated rings. The Morgan fingerprint density at radius 1 is 1.19 bits per heavy atom. The van der Waals surface area contributed by atoms with E-state index < -0.39 is 35.8 Å². The van der Waals surface area contributed by atoms with E-state index >= 15 is 0 Å². The molecule has 9 heteroatoms. The molecule has 0 saturated heterocycles. The number of amides is 1. The Balaban J connectivity index is 2.18. The number of methoxy groups -OCH3 is 2. The molecular weight excluding hydrogens is 365 g/mol. The van der Waals surface area contributed by atoms with Gasteiger partial charge in [-0.2, -0.15) is 13.2 Å². The van der Waals surface area contributed by atoms with Crippen LogP contribution >= 0.6 is 0 Å². The minimum atomic E-state index is -4.60. The van der Waals surface area contributed by atoms with E-state index in [9.17, 15) is 22.8 Å². The molecule has 0 spiro atoms. The van der Waals surface area contributed by atoms with Crippen LogP contribution in [-0.2, 0) is 17.5 Å². The van der Waals surface area contributed by atoms with Crippen LogP contribution in [0.25, 0.3) is 0 Å². The fourth-order valence-electron chi connectivity index (χ4n) is 2.52. The fraction of sp³-hybridized carbons (Fsp3) is 0.333. The molecule has 1 aromatic carbocycles. The number of alkyl halides is 3. The zero-order valence-electron chi connectivity index (χ0n) is 15.0. The lowest BCUT2D eigenvalue weighted by molar-refractivity contribution is -0.138. The van der Waals surface area contributed by atoms with Crippen LogP contribution in [0.4, 0.5) is 13.2 Å². The standard InChI is InChI=1S/C18H19F3N2O4/c1-11(14-8-13(26-2)5-6-15(14)27-3)22-16(24)10-23-9-12(18(19,20)21)4-7-17(23)25/h4-9,11H,10H2,1-3H3,(H,22,24)/t11-/m1/s1. The second-order valence-electron chi connectivity index (χ2n) is 5.78. The van der Waals surface area contributed by atoms with Crippen molar-refractivity contribution in [3.63, 3.8) is 0 Å². The van der Waals surface area contributed by atoms with Crippen LogP contribution in [0.2, 0.25) is 0 Å². The van der Waals surface area contributed by atoms with E-state index in [0.717, 1.165) is 6.07 Å². The highest BCUT2D eigenvalue weighted by molar-refractivity contribution is 5.76. The lowest BCUT2D eigenvalue weighted by atomic mass is 10.1. The van der Waals surface area contributed by atoms with E-state index in [4.69, 9.17) is 9.47 Å². The first-order valence-corrected chi connectivity index (χ1v) is 7.94. The highest BCUT2D eigenvalue weighted by Gasteiger charge is 2.31. The van der Waals surface area contributed by atoms with Crippen molar-refractivity contribution in [1.82, 2.24) is 9.88 Å². The lowest BCUT2D eigenvalue weighted by Gasteiger charge is -2.19. The van der Waals surface area contributed by atoms with E-state index in [1.54, 1.807) is 25.1 Å². The first-order chi connectivity index (χ1) is 12.7. The summed E-state index contributed by atoms with van der Waals surface area (Å²) in [5, 5.41) is 2.64. The van der Waals surface area contributed by atoms with Gasteiger partial charge in [-0.3, -0.25) is 9.59 Å². The van der Waals surface area contributed by atoms with Crippen LogP contribution in [0.3, 0.4) is 0 Å². The van der Waals surface area contributed by atoms with Crippen LogP contribution in [0.1, 0.15) is 24.1 Å². The molecule has 2 rings (SSSR count). The van der Waals surface area contributed by atoms with Crippen LogP contribution in [0.5, 0.6) is 11.5 Å². The molecule has 2 aromatic rings. The number of halogens is 3. The number of nitrogens with one attached hydrogen (secondary N) is 1. The Labute approximate surface area is 153 Å². The zero-order valence-corrected chi connectivity index (χ0v) is 15.0. The van der Waals surface area contributed by atoms with Gasteiger partial charge in [-0.05, 0) is 31.2 Å². The summed E-state index contributed by atoms with van der Waals surface area (Å²) in [7, 11) is 2.97. The quantitative estimate of drug-likeness (QED) is 0.832. The summed E-state index contributed by atoms with van der Waals surface area (Å²) in [6.07, 6.45) is -3.98. The van der Waals surface area contributed by atoms with E-state index in [1.807, 2.05) is 0 Å². The molecule has 0 aliphatic carbocycles. The van der Waals surface area contributed by atoms with Gasteiger partial charge in [0.05, 0.1) is 25.8 Å². The summed E-state index contributed by atoms with van der Waals surface area (Å²) in [5.41, 5.74) is -1.08.